The Morgan fingerprint density at radius 1 is 1.04 bits per heavy atom. The fourth-order valence-electron chi connectivity index (χ4n) is 8.21. The molecule has 2 unspecified atom stereocenters. The van der Waals surface area contributed by atoms with E-state index in [1.54, 1.807) is 12.3 Å². The minimum atomic E-state index is -0.913. The molecule has 47 heavy (non-hydrogen) atoms. The standard InChI is InChI=1S/C37H36F3N5O2/c1-2-26-29(39)12-11-23-16-25(46)17-27(31(23)26)33-32(40)34-28(19-41-33)35(45-15-6-10-30(45)22-8-4-3-5-9-22)43-36(42-34)47-21-37-13-7-14-44(37)20-24(38)18-37/h3-5,8-9,11-12,16-17,19,24,30,46H,2,6-7,10,13-15,18,20-21H2,1H3/t24-,30?,37?/m1/s1. The minimum Gasteiger partial charge on any atom is -0.508 e. The highest BCUT2D eigenvalue weighted by atomic mass is 19.1. The molecule has 3 aliphatic rings. The number of aromatic hydroxyl groups is 1. The number of aromatic nitrogens is 3. The molecule has 3 fully saturated rings. The van der Waals surface area contributed by atoms with Gasteiger partial charge < -0.3 is 14.7 Å². The molecule has 242 valence electrons. The van der Waals surface area contributed by atoms with Crippen LogP contribution in [0, 0.1) is 11.6 Å². The molecule has 2 aromatic heterocycles. The maximum Gasteiger partial charge on any atom is 0.319 e. The van der Waals surface area contributed by atoms with Gasteiger partial charge in [0.1, 0.15) is 41.4 Å². The quantitative estimate of drug-likeness (QED) is 0.196. The van der Waals surface area contributed by atoms with Crippen molar-refractivity contribution in [1.29, 1.82) is 0 Å². The van der Waals surface area contributed by atoms with Crippen molar-refractivity contribution in [3.8, 4) is 23.0 Å². The van der Waals surface area contributed by atoms with E-state index < -0.39 is 23.3 Å². The van der Waals surface area contributed by atoms with Crippen molar-refractivity contribution in [2.24, 2.45) is 0 Å². The Kier molecular flexibility index (Phi) is 7.43. The number of nitrogens with zero attached hydrogens (tertiary/aromatic N) is 5. The average Bonchev–Trinajstić information content (AvgIpc) is 3.79. The number of alkyl halides is 1. The van der Waals surface area contributed by atoms with Crippen LogP contribution >= 0.6 is 0 Å². The highest BCUT2D eigenvalue weighted by Gasteiger charge is 2.49. The fraction of sp³-hybridized carbons (Fsp3) is 0.378. The van der Waals surface area contributed by atoms with E-state index in [0.29, 0.717) is 53.5 Å². The van der Waals surface area contributed by atoms with Crippen LogP contribution in [0.2, 0.25) is 0 Å². The third-order valence-corrected chi connectivity index (χ3v) is 10.3. The maximum atomic E-state index is 17.0. The largest absolute Gasteiger partial charge is 0.508 e. The Hall–Kier alpha value is -4.44. The molecule has 3 aliphatic heterocycles. The average molecular weight is 640 g/mol. The molecule has 8 rings (SSSR count). The summed E-state index contributed by atoms with van der Waals surface area (Å²) in [4.78, 5) is 18.4. The fourth-order valence-corrected chi connectivity index (χ4v) is 8.21. The van der Waals surface area contributed by atoms with Crippen LogP contribution in [0.1, 0.15) is 56.2 Å². The van der Waals surface area contributed by atoms with E-state index >= 15 is 8.78 Å². The summed E-state index contributed by atoms with van der Waals surface area (Å²) in [7, 11) is 0. The number of halogens is 3. The van der Waals surface area contributed by atoms with Crippen molar-refractivity contribution in [3.05, 3.63) is 83.6 Å². The van der Waals surface area contributed by atoms with Crippen molar-refractivity contribution in [2.45, 2.75) is 63.2 Å². The van der Waals surface area contributed by atoms with Gasteiger partial charge in [0.25, 0.3) is 0 Å². The third-order valence-electron chi connectivity index (χ3n) is 10.3. The van der Waals surface area contributed by atoms with Gasteiger partial charge in [-0.3, -0.25) is 9.88 Å². The van der Waals surface area contributed by atoms with Crippen LogP contribution in [0.3, 0.4) is 0 Å². The molecular formula is C37H36F3N5O2. The van der Waals surface area contributed by atoms with Crippen molar-refractivity contribution >= 4 is 27.5 Å². The SMILES string of the molecule is CCc1c(F)ccc2cc(O)cc(-c3ncc4c(N5CCCC5c5ccccc5)nc(OCC56CCCN5C[C@H](F)C6)nc4c3F)c12. The van der Waals surface area contributed by atoms with E-state index in [-0.39, 0.29) is 41.2 Å². The number of rotatable bonds is 7. The van der Waals surface area contributed by atoms with Gasteiger partial charge in [0.05, 0.1) is 17.0 Å². The van der Waals surface area contributed by atoms with Crippen molar-refractivity contribution in [1.82, 2.24) is 19.9 Å². The molecule has 1 N–H and O–H groups in total. The lowest BCUT2D eigenvalue weighted by atomic mass is 9.94. The first kappa shape index (κ1) is 29.9. The smallest absolute Gasteiger partial charge is 0.319 e. The van der Waals surface area contributed by atoms with Gasteiger partial charge in [-0.1, -0.05) is 43.3 Å². The van der Waals surface area contributed by atoms with E-state index in [4.69, 9.17) is 9.72 Å². The van der Waals surface area contributed by atoms with Gasteiger partial charge in [-0.15, -0.1) is 0 Å². The molecule has 0 saturated carbocycles. The maximum absolute atomic E-state index is 17.0. The molecule has 5 aromatic rings. The number of pyridine rings is 1. The number of hydrogen-bond donors (Lipinski definition) is 1. The summed E-state index contributed by atoms with van der Waals surface area (Å²) in [5.41, 5.74) is 1.37. The first-order valence-corrected chi connectivity index (χ1v) is 16.5. The zero-order valence-electron chi connectivity index (χ0n) is 26.2. The number of phenols is 1. The van der Waals surface area contributed by atoms with Crippen molar-refractivity contribution in [3.63, 3.8) is 0 Å². The molecule has 3 saturated heterocycles. The predicted molar refractivity (Wildman–Crippen MR) is 176 cm³/mol. The van der Waals surface area contributed by atoms with E-state index in [1.807, 2.05) is 25.1 Å². The van der Waals surface area contributed by atoms with Crippen molar-refractivity contribution in [2.75, 3.05) is 31.1 Å². The van der Waals surface area contributed by atoms with Crippen LogP contribution in [-0.2, 0) is 6.42 Å². The minimum absolute atomic E-state index is 0.0148. The highest BCUT2D eigenvalue weighted by Crippen LogP contribution is 2.43. The number of hydrogen-bond acceptors (Lipinski definition) is 7. The van der Waals surface area contributed by atoms with Gasteiger partial charge in [0, 0.05) is 31.3 Å². The molecule has 7 nitrogen and oxygen atoms in total. The zero-order valence-corrected chi connectivity index (χ0v) is 26.2. The van der Waals surface area contributed by atoms with Gasteiger partial charge in [-0.2, -0.15) is 9.97 Å². The number of phenolic OH excluding ortho intramolecular Hbond substituents is 1. The summed E-state index contributed by atoms with van der Waals surface area (Å²) in [5, 5.41) is 12.1. The lowest BCUT2D eigenvalue weighted by Gasteiger charge is -2.31. The molecule has 0 radical (unpaired) electrons. The highest BCUT2D eigenvalue weighted by molar-refractivity contribution is 6.01. The predicted octanol–water partition coefficient (Wildman–Crippen LogP) is 7.69. The number of benzene rings is 3. The van der Waals surface area contributed by atoms with E-state index in [1.165, 1.54) is 18.2 Å². The molecule has 3 aromatic carbocycles. The van der Waals surface area contributed by atoms with Crippen molar-refractivity contribution < 1.29 is 23.0 Å². The van der Waals surface area contributed by atoms with E-state index in [2.05, 4.69) is 31.9 Å². The summed E-state index contributed by atoms with van der Waals surface area (Å²) in [5.74, 6) is -0.682. The van der Waals surface area contributed by atoms with Gasteiger partial charge in [-0.25, -0.2) is 13.2 Å². The lowest BCUT2D eigenvalue weighted by molar-refractivity contribution is 0.107. The second-order valence-electron chi connectivity index (χ2n) is 13.1. The summed E-state index contributed by atoms with van der Waals surface area (Å²) in [6.45, 7) is 3.95. The van der Waals surface area contributed by atoms with E-state index in [9.17, 15) is 9.50 Å². The van der Waals surface area contributed by atoms with Gasteiger partial charge in [-0.05, 0) is 78.7 Å². The lowest BCUT2D eigenvalue weighted by Crippen LogP contribution is -2.43. The number of anilines is 1. The summed E-state index contributed by atoms with van der Waals surface area (Å²) >= 11 is 0. The summed E-state index contributed by atoms with van der Waals surface area (Å²) < 4.78 is 52.8. The van der Waals surface area contributed by atoms with Crippen LogP contribution in [0.5, 0.6) is 11.8 Å². The molecule has 10 heteroatoms. The van der Waals surface area contributed by atoms with Gasteiger partial charge in [0.2, 0.25) is 0 Å². The van der Waals surface area contributed by atoms with Gasteiger partial charge in [0.15, 0.2) is 5.82 Å². The first-order chi connectivity index (χ1) is 22.8. The molecule has 0 amide bonds. The molecular weight excluding hydrogens is 603 g/mol. The van der Waals surface area contributed by atoms with Crippen LogP contribution in [0.4, 0.5) is 19.0 Å². The molecule has 3 atom stereocenters. The first-order valence-electron chi connectivity index (χ1n) is 16.5. The Balaban J connectivity index is 1.29. The van der Waals surface area contributed by atoms with Crippen LogP contribution in [0.25, 0.3) is 32.9 Å². The van der Waals surface area contributed by atoms with Gasteiger partial charge >= 0.3 is 6.01 Å². The molecule has 5 heterocycles. The monoisotopic (exact) mass is 639 g/mol. The Morgan fingerprint density at radius 3 is 2.72 bits per heavy atom. The Morgan fingerprint density at radius 2 is 1.89 bits per heavy atom. The normalized spacial score (nSPS) is 22.9. The zero-order chi connectivity index (χ0) is 32.3. The van der Waals surface area contributed by atoms with Crippen LogP contribution in [0.15, 0.2) is 60.8 Å². The summed E-state index contributed by atoms with van der Waals surface area (Å²) in [6.07, 6.45) is 5.02. The Labute approximate surface area is 271 Å². The van der Waals surface area contributed by atoms with Crippen LogP contribution < -0.4 is 9.64 Å². The molecule has 0 spiro atoms. The number of fused-ring (bicyclic) bond motifs is 3. The number of aryl methyl sites for hydroxylation is 1. The topological polar surface area (TPSA) is 74.6 Å². The number of ether oxygens (including phenoxy) is 1. The molecule has 0 aliphatic carbocycles. The third kappa shape index (κ3) is 5.04. The Bertz CT molecular complexity index is 1990. The second-order valence-corrected chi connectivity index (χ2v) is 13.1. The summed E-state index contributed by atoms with van der Waals surface area (Å²) in [6, 6.07) is 16.1. The van der Waals surface area contributed by atoms with Crippen LogP contribution in [-0.4, -0.2) is 62.9 Å². The second kappa shape index (κ2) is 11.7. The molecule has 0 bridgehead atoms. The van der Waals surface area contributed by atoms with E-state index in [0.717, 1.165) is 37.8 Å².